The van der Waals surface area contributed by atoms with Gasteiger partial charge in [0.25, 0.3) is 0 Å². The molecule has 0 aliphatic rings. The van der Waals surface area contributed by atoms with Crippen molar-refractivity contribution in [3.63, 3.8) is 0 Å². The Kier molecular flexibility index (Phi) is 5.08. The van der Waals surface area contributed by atoms with Crippen LogP contribution in [0.1, 0.15) is 11.3 Å². The average molecular weight is 360 g/mol. The van der Waals surface area contributed by atoms with E-state index >= 15 is 0 Å². The maximum absolute atomic E-state index is 12.6. The van der Waals surface area contributed by atoms with Crippen LogP contribution in [-0.2, 0) is 11.2 Å². The molecule has 0 fully saturated rings. The predicted octanol–water partition coefficient (Wildman–Crippen LogP) is 2.57. The maximum atomic E-state index is 12.6. The summed E-state index contributed by atoms with van der Waals surface area (Å²) in [6, 6.07) is 18.8. The molecule has 0 saturated carbocycles. The van der Waals surface area contributed by atoms with E-state index in [1.165, 1.54) is 4.68 Å². The lowest BCUT2D eigenvalue weighted by molar-refractivity contribution is -0.115. The second kappa shape index (κ2) is 7.62. The summed E-state index contributed by atoms with van der Waals surface area (Å²) < 4.78 is 1.48. The Hall–Kier alpha value is -3.79. The number of nitrogens with two attached hydrogens (primary N) is 1. The van der Waals surface area contributed by atoms with Crippen molar-refractivity contribution < 1.29 is 4.79 Å². The number of hydrogen-bond acceptors (Lipinski definition) is 5. The van der Waals surface area contributed by atoms with Gasteiger partial charge in [0.1, 0.15) is 17.5 Å². The fourth-order valence-corrected chi connectivity index (χ4v) is 2.81. The van der Waals surface area contributed by atoms with E-state index < -0.39 is 0 Å². The number of nitrogen functional groups attached to an aromatic ring is 1. The Morgan fingerprint density at radius 2 is 1.85 bits per heavy atom. The summed E-state index contributed by atoms with van der Waals surface area (Å²) in [5.41, 5.74) is 8.96. The molecule has 7 heteroatoms. The molecule has 0 aliphatic heterocycles. The monoisotopic (exact) mass is 360 g/mol. The third kappa shape index (κ3) is 3.75. The van der Waals surface area contributed by atoms with Gasteiger partial charge in [-0.3, -0.25) is 4.79 Å². The Balaban J connectivity index is 1.86. The van der Waals surface area contributed by atoms with Crippen molar-refractivity contribution in [2.75, 3.05) is 30.0 Å². The summed E-state index contributed by atoms with van der Waals surface area (Å²) >= 11 is 0. The molecule has 136 valence electrons. The standard InChI is InChI=1S/C20H20N6O/c1-25(2)18-11-7-6-10-16(18)23-19(27)12-17-15(13-21)20(22)26(24-17)14-8-4-3-5-9-14/h3-11H,12,22H2,1-2H3,(H,23,27). The third-order valence-corrected chi connectivity index (χ3v) is 4.09. The molecule has 3 aromatic rings. The summed E-state index contributed by atoms with van der Waals surface area (Å²) in [5, 5.41) is 16.7. The molecule has 0 saturated heterocycles. The number of rotatable bonds is 5. The molecule has 1 heterocycles. The number of anilines is 3. The van der Waals surface area contributed by atoms with Crippen LogP contribution >= 0.6 is 0 Å². The first-order chi connectivity index (χ1) is 13.0. The van der Waals surface area contributed by atoms with Crippen molar-refractivity contribution >= 4 is 23.1 Å². The number of nitrogens with one attached hydrogen (secondary N) is 1. The van der Waals surface area contributed by atoms with Crippen molar-refractivity contribution in [3.05, 3.63) is 65.9 Å². The number of nitrogens with zero attached hydrogens (tertiary/aromatic N) is 4. The number of benzene rings is 2. The number of amides is 1. The van der Waals surface area contributed by atoms with Crippen LogP contribution in [0.2, 0.25) is 0 Å². The zero-order valence-corrected chi connectivity index (χ0v) is 15.2. The van der Waals surface area contributed by atoms with Crippen LogP contribution in [-0.4, -0.2) is 29.8 Å². The molecule has 0 radical (unpaired) electrons. The Bertz CT molecular complexity index is 1000. The molecule has 7 nitrogen and oxygen atoms in total. The molecule has 0 spiro atoms. The van der Waals surface area contributed by atoms with E-state index in [1.807, 2.05) is 73.6 Å². The second-order valence-corrected chi connectivity index (χ2v) is 6.20. The van der Waals surface area contributed by atoms with Crippen LogP contribution in [0.15, 0.2) is 54.6 Å². The minimum Gasteiger partial charge on any atom is -0.382 e. The molecule has 3 rings (SSSR count). The lowest BCUT2D eigenvalue weighted by atomic mass is 10.2. The Labute approximate surface area is 157 Å². The summed E-state index contributed by atoms with van der Waals surface area (Å²) in [5.74, 6) is -0.0429. The minimum absolute atomic E-state index is 0.0469. The van der Waals surface area contributed by atoms with Gasteiger partial charge in [-0.25, -0.2) is 4.68 Å². The lowest BCUT2D eigenvalue weighted by Gasteiger charge is -2.17. The van der Waals surface area contributed by atoms with Crippen LogP contribution in [0.3, 0.4) is 0 Å². The number of aromatic nitrogens is 2. The Morgan fingerprint density at radius 1 is 1.19 bits per heavy atom. The molecule has 0 atom stereocenters. The van der Waals surface area contributed by atoms with Gasteiger partial charge in [-0.2, -0.15) is 10.4 Å². The molecular weight excluding hydrogens is 340 g/mol. The van der Waals surface area contributed by atoms with E-state index in [0.717, 1.165) is 11.4 Å². The summed E-state index contributed by atoms with van der Waals surface area (Å²) in [7, 11) is 3.81. The molecule has 0 bridgehead atoms. The van der Waals surface area contributed by atoms with E-state index in [2.05, 4.69) is 16.5 Å². The highest BCUT2D eigenvalue weighted by molar-refractivity contribution is 5.95. The third-order valence-electron chi connectivity index (χ3n) is 4.09. The van der Waals surface area contributed by atoms with Gasteiger partial charge >= 0.3 is 0 Å². The van der Waals surface area contributed by atoms with Crippen molar-refractivity contribution in [2.45, 2.75) is 6.42 Å². The topological polar surface area (TPSA) is 100.0 Å². The number of para-hydroxylation sites is 3. The molecular formula is C20H20N6O. The smallest absolute Gasteiger partial charge is 0.230 e. The zero-order valence-electron chi connectivity index (χ0n) is 15.2. The molecule has 1 aromatic heterocycles. The van der Waals surface area contributed by atoms with E-state index in [9.17, 15) is 10.1 Å². The van der Waals surface area contributed by atoms with Gasteiger partial charge in [-0.05, 0) is 24.3 Å². The first-order valence-electron chi connectivity index (χ1n) is 8.40. The van der Waals surface area contributed by atoms with Gasteiger partial charge in [0, 0.05) is 14.1 Å². The normalized spacial score (nSPS) is 10.3. The quantitative estimate of drug-likeness (QED) is 0.728. The summed E-state index contributed by atoms with van der Waals surface area (Å²) in [6.45, 7) is 0. The van der Waals surface area contributed by atoms with Crippen LogP contribution in [0.25, 0.3) is 5.69 Å². The molecule has 3 N–H and O–H groups in total. The van der Waals surface area contributed by atoms with Crippen LogP contribution in [0.4, 0.5) is 17.2 Å². The van der Waals surface area contributed by atoms with Gasteiger partial charge in [-0.15, -0.1) is 0 Å². The van der Waals surface area contributed by atoms with E-state index in [0.29, 0.717) is 11.4 Å². The van der Waals surface area contributed by atoms with Gasteiger partial charge in [-0.1, -0.05) is 30.3 Å². The second-order valence-electron chi connectivity index (χ2n) is 6.20. The van der Waals surface area contributed by atoms with Crippen LogP contribution < -0.4 is 16.0 Å². The van der Waals surface area contributed by atoms with E-state index in [-0.39, 0.29) is 23.7 Å². The van der Waals surface area contributed by atoms with Gasteiger partial charge in [0.2, 0.25) is 5.91 Å². The number of hydrogen-bond donors (Lipinski definition) is 2. The SMILES string of the molecule is CN(C)c1ccccc1NC(=O)Cc1nn(-c2ccccc2)c(N)c1C#N. The number of carbonyl (C=O) groups is 1. The minimum atomic E-state index is -0.265. The van der Waals surface area contributed by atoms with E-state index in [1.54, 1.807) is 0 Å². The number of carbonyl (C=O) groups excluding carboxylic acids is 1. The van der Waals surface area contributed by atoms with Crippen LogP contribution in [0.5, 0.6) is 0 Å². The van der Waals surface area contributed by atoms with Crippen LogP contribution in [0, 0.1) is 11.3 Å². The largest absolute Gasteiger partial charge is 0.382 e. The highest BCUT2D eigenvalue weighted by atomic mass is 16.1. The fourth-order valence-electron chi connectivity index (χ4n) is 2.81. The lowest BCUT2D eigenvalue weighted by Crippen LogP contribution is -2.18. The zero-order chi connectivity index (χ0) is 19.4. The molecule has 2 aromatic carbocycles. The first-order valence-corrected chi connectivity index (χ1v) is 8.40. The molecule has 0 aliphatic carbocycles. The van der Waals surface area contributed by atoms with Crippen molar-refractivity contribution in [1.29, 1.82) is 5.26 Å². The number of nitriles is 1. The predicted molar refractivity (Wildman–Crippen MR) is 106 cm³/mol. The van der Waals surface area contributed by atoms with Crippen molar-refractivity contribution in [3.8, 4) is 11.8 Å². The highest BCUT2D eigenvalue weighted by Gasteiger charge is 2.19. The molecule has 27 heavy (non-hydrogen) atoms. The highest BCUT2D eigenvalue weighted by Crippen LogP contribution is 2.25. The Morgan fingerprint density at radius 3 is 2.52 bits per heavy atom. The average Bonchev–Trinajstić information content (AvgIpc) is 2.97. The molecule has 0 unspecified atom stereocenters. The van der Waals surface area contributed by atoms with Gasteiger partial charge in [0.05, 0.1) is 29.2 Å². The van der Waals surface area contributed by atoms with Gasteiger partial charge < -0.3 is 16.0 Å². The van der Waals surface area contributed by atoms with E-state index in [4.69, 9.17) is 5.73 Å². The summed E-state index contributed by atoms with van der Waals surface area (Å²) in [6.07, 6.45) is -0.0469. The maximum Gasteiger partial charge on any atom is 0.230 e. The first kappa shape index (κ1) is 18.0. The molecule has 1 amide bonds. The van der Waals surface area contributed by atoms with Crippen molar-refractivity contribution in [2.24, 2.45) is 0 Å². The fraction of sp³-hybridized carbons (Fsp3) is 0.150. The van der Waals surface area contributed by atoms with Crippen molar-refractivity contribution in [1.82, 2.24) is 9.78 Å². The van der Waals surface area contributed by atoms with Gasteiger partial charge in [0.15, 0.2) is 0 Å². The summed E-state index contributed by atoms with van der Waals surface area (Å²) in [4.78, 5) is 14.5.